The Morgan fingerprint density at radius 2 is 1.70 bits per heavy atom. The summed E-state index contributed by atoms with van der Waals surface area (Å²) in [5.74, 6) is 0.685. The van der Waals surface area contributed by atoms with E-state index in [1.807, 2.05) is 0 Å². The molecule has 3 rings (SSSR count). The Hall–Kier alpha value is -2.22. The van der Waals surface area contributed by atoms with Gasteiger partial charge in [0.15, 0.2) is 11.6 Å². The van der Waals surface area contributed by atoms with Gasteiger partial charge >= 0.3 is 6.18 Å². The Kier molecular flexibility index (Phi) is 5.94. The molecule has 0 unspecified atom stereocenters. The maximum atomic E-state index is 12.9. The third-order valence-corrected chi connectivity index (χ3v) is 4.96. The first-order valence-corrected chi connectivity index (χ1v) is 9.23. The van der Waals surface area contributed by atoms with Gasteiger partial charge in [-0.2, -0.15) is 13.2 Å². The fraction of sp³-hybridized carbons (Fsp3) is 0.444. The van der Waals surface area contributed by atoms with E-state index in [4.69, 9.17) is 17.3 Å². The van der Waals surface area contributed by atoms with Crippen molar-refractivity contribution in [1.82, 2.24) is 9.97 Å². The van der Waals surface area contributed by atoms with E-state index in [2.05, 4.69) is 20.6 Å². The maximum absolute atomic E-state index is 12.9. The lowest BCUT2D eigenvalue weighted by molar-refractivity contribution is -0.137. The van der Waals surface area contributed by atoms with Crippen molar-refractivity contribution in [3.63, 3.8) is 0 Å². The number of halogens is 4. The smallest absolute Gasteiger partial charge is 0.393 e. The Balaban J connectivity index is 1.82. The van der Waals surface area contributed by atoms with Gasteiger partial charge in [0.25, 0.3) is 0 Å². The molecule has 27 heavy (non-hydrogen) atoms. The summed E-state index contributed by atoms with van der Waals surface area (Å²) in [6.45, 7) is 0. The number of nitrogens with one attached hydrogen (secondary N) is 2. The normalized spacial score (nSPS) is 16.0. The van der Waals surface area contributed by atoms with Gasteiger partial charge in [-0.3, -0.25) is 0 Å². The summed E-state index contributed by atoms with van der Waals surface area (Å²) in [6, 6.07) is 3.32. The SMILES string of the molecule is Nc1c(Nc2cc(C(F)(F)F)ccc2Cl)ncnc1NC1CCCCCC1. The molecule has 1 aromatic carbocycles. The summed E-state index contributed by atoms with van der Waals surface area (Å²) in [4.78, 5) is 8.24. The number of nitrogens with zero attached hydrogens (tertiary/aromatic N) is 2. The van der Waals surface area contributed by atoms with Crippen LogP contribution in [0.2, 0.25) is 5.02 Å². The number of anilines is 4. The van der Waals surface area contributed by atoms with E-state index in [1.54, 1.807) is 0 Å². The van der Waals surface area contributed by atoms with Crippen LogP contribution in [0.4, 0.5) is 36.2 Å². The maximum Gasteiger partial charge on any atom is 0.416 e. The highest BCUT2D eigenvalue weighted by Gasteiger charge is 2.31. The fourth-order valence-electron chi connectivity index (χ4n) is 3.15. The van der Waals surface area contributed by atoms with E-state index in [-0.39, 0.29) is 28.3 Å². The van der Waals surface area contributed by atoms with Crippen LogP contribution in [0.3, 0.4) is 0 Å². The van der Waals surface area contributed by atoms with E-state index in [1.165, 1.54) is 25.2 Å². The fourth-order valence-corrected chi connectivity index (χ4v) is 3.32. The molecule has 146 valence electrons. The van der Waals surface area contributed by atoms with Gasteiger partial charge in [0, 0.05) is 6.04 Å². The third kappa shape index (κ3) is 4.94. The molecular formula is C18H21ClF3N5. The second-order valence-corrected chi connectivity index (χ2v) is 7.04. The largest absolute Gasteiger partial charge is 0.416 e. The molecule has 0 bridgehead atoms. The Morgan fingerprint density at radius 3 is 2.37 bits per heavy atom. The molecule has 0 aliphatic heterocycles. The highest BCUT2D eigenvalue weighted by molar-refractivity contribution is 6.33. The van der Waals surface area contributed by atoms with Crippen molar-refractivity contribution in [1.29, 1.82) is 0 Å². The molecule has 0 radical (unpaired) electrons. The molecule has 1 heterocycles. The van der Waals surface area contributed by atoms with Crippen LogP contribution in [0.1, 0.15) is 44.1 Å². The lowest BCUT2D eigenvalue weighted by Crippen LogP contribution is -2.20. The third-order valence-electron chi connectivity index (χ3n) is 4.63. The summed E-state index contributed by atoms with van der Waals surface area (Å²) in [5.41, 5.74) is 5.67. The van der Waals surface area contributed by atoms with Crippen LogP contribution in [0, 0.1) is 0 Å². The van der Waals surface area contributed by atoms with Crippen LogP contribution in [0.15, 0.2) is 24.5 Å². The van der Waals surface area contributed by atoms with E-state index in [0.717, 1.165) is 37.8 Å². The first-order valence-electron chi connectivity index (χ1n) is 8.85. The monoisotopic (exact) mass is 399 g/mol. The van der Waals surface area contributed by atoms with Gasteiger partial charge in [-0.25, -0.2) is 9.97 Å². The lowest BCUT2D eigenvalue weighted by Gasteiger charge is -2.19. The number of alkyl halides is 3. The van der Waals surface area contributed by atoms with E-state index in [0.29, 0.717) is 5.82 Å². The van der Waals surface area contributed by atoms with Crippen LogP contribution < -0.4 is 16.4 Å². The van der Waals surface area contributed by atoms with Crippen molar-refractivity contribution in [3.8, 4) is 0 Å². The highest BCUT2D eigenvalue weighted by Crippen LogP contribution is 2.36. The number of benzene rings is 1. The minimum Gasteiger partial charge on any atom is -0.393 e. The average molecular weight is 400 g/mol. The van der Waals surface area contributed by atoms with Crippen molar-refractivity contribution >= 4 is 34.6 Å². The zero-order valence-corrected chi connectivity index (χ0v) is 15.4. The predicted octanol–water partition coefficient (Wildman–Crippen LogP) is 5.61. The van der Waals surface area contributed by atoms with Crippen molar-refractivity contribution in [2.45, 2.75) is 50.7 Å². The van der Waals surface area contributed by atoms with E-state index >= 15 is 0 Å². The predicted molar refractivity (Wildman–Crippen MR) is 101 cm³/mol. The van der Waals surface area contributed by atoms with Crippen molar-refractivity contribution in [2.75, 3.05) is 16.4 Å². The topological polar surface area (TPSA) is 75.9 Å². The molecule has 1 aliphatic rings. The minimum absolute atomic E-state index is 0.0808. The quantitative estimate of drug-likeness (QED) is 0.582. The van der Waals surface area contributed by atoms with Gasteiger partial charge in [0.1, 0.15) is 12.0 Å². The second-order valence-electron chi connectivity index (χ2n) is 6.63. The van der Waals surface area contributed by atoms with Gasteiger partial charge in [-0.15, -0.1) is 0 Å². The Morgan fingerprint density at radius 1 is 1.04 bits per heavy atom. The molecule has 1 saturated carbocycles. The summed E-state index contributed by atoms with van der Waals surface area (Å²) >= 11 is 6.03. The minimum atomic E-state index is -4.47. The van der Waals surface area contributed by atoms with Gasteiger partial charge in [-0.1, -0.05) is 37.3 Å². The molecule has 1 aromatic heterocycles. The van der Waals surface area contributed by atoms with Gasteiger partial charge < -0.3 is 16.4 Å². The molecule has 0 atom stereocenters. The number of aromatic nitrogens is 2. The second kappa shape index (κ2) is 8.21. The number of hydrogen-bond acceptors (Lipinski definition) is 5. The molecule has 9 heteroatoms. The summed E-state index contributed by atoms with van der Waals surface area (Å²) in [7, 11) is 0. The van der Waals surface area contributed by atoms with Crippen LogP contribution in [-0.2, 0) is 6.18 Å². The van der Waals surface area contributed by atoms with E-state index in [9.17, 15) is 13.2 Å². The average Bonchev–Trinajstić information content (AvgIpc) is 2.88. The van der Waals surface area contributed by atoms with Gasteiger partial charge in [-0.05, 0) is 31.0 Å². The molecular weight excluding hydrogens is 379 g/mol. The molecule has 1 aliphatic carbocycles. The summed E-state index contributed by atoms with van der Waals surface area (Å²) in [5, 5.41) is 6.27. The van der Waals surface area contributed by atoms with Crippen LogP contribution in [0.25, 0.3) is 0 Å². The standard InChI is InChI=1S/C18H21ClF3N5/c19-13-8-7-11(18(20,21)22)9-14(13)27-17-15(23)16(24-10-25-17)26-12-5-3-1-2-4-6-12/h7-10,12H,1-6,23H2,(H2,24,25,26,27). The highest BCUT2D eigenvalue weighted by atomic mass is 35.5. The Bertz CT molecular complexity index is 789. The van der Waals surface area contributed by atoms with Crippen LogP contribution in [-0.4, -0.2) is 16.0 Å². The Labute approximate surface area is 160 Å². The molecule has 2 aromatic rings. The lowest BCUT2D eigenvalue weighted by atomic mass is 10.1. The molecule has 4 N–H and O–H groups in total. The van der Waals surface area contributed by atoms with Crippen LogP contribution >= 0.6 is 11.6 Å². The first-order chi connectivity index (χ1) is 12.8. The number of nitrogens with two attached hydrogens (primary N) is 1. The van der Waals surface area contributed by atoms with Gasteiger partial charge in [0.05, 0.1) is 16.3 Å². The van der Waals surface area contributed by atoms with Crippen molar-refractivity contribution in [2.24, 2.45) is 0 Å². The van der Waals surface area contributed by atoms with Crippen molar-refractivity contribution in [3.05, 3.63) is 35.1 Å². The molecule has 0 amide bonds. The molecule has 5 nitrogen and oxygen atoms in total. The number of hydrogen-bond donors (Lipinski definition) is 3. The summed E-state index contributed by atoms with van der Waals surface area (Å²) < 4.78 is 38.8. The molecule has 1 fully saturated rings. The van der Waals surface area contributed by atoms with Crippen molar-refractivity contribution < 1.29 is 13.2 Å². The molecule has 0 saturated heterocycles. The summed E-state index contributed by atoms with van der Waals surface area (Å²) in [6.07, 6.45) is 3.65. The van der Waals surface area contributed by atoms with Gasteiger partial charge in [0.2, 0.25) is 0 Å². The zero-order chi connectivity index (χ0) is 19.4. The first kappa shape index (κ1) is 19.5. The number of nitrogen functional groups attached to an aromatic ring is 1. The number of rotatable bonds is 4. The van der Waals surface area contributed by atoms with E-state index < -0.39 is 11.7 Å². The van der Waals surface area contributed by atoms with Crippen LogP contribution in [0.5, 0.6) is 0 Å². The zero-order valence-electron chi connectivity index (χ0n) is 14.6. The molecule has 0 spiro atoms.